The van der Waals surface area contributed by atoms with Crippen LogP contribution in [-0.2, 0) is 29.0 Å². The second-order valence-corrected chi connectivity index (χ2v) is 7.91. The fourth-order valence-electron chi connectivity index (χ4n) is 3.36. The molecule has 0 aliphatic carbocycles. The molecule has 4 rings (SSSR count). The van der Waals surface area contributed by atoms with E-state index >= 15 is 0 Å². The first-order chi connectivity index (χ1) is 12.2. The van der Waals surface area contributed by atoms with E-state index in [9.17, 15) is 4.79 Å². The molecule has 1 fully saturated rings. The SMILES string of the molecule is Cc1ccc(CN2CCc3nc(NC(=O)C4CCCO4)sc3C2)cc1. The Balaban J connectivity index is 1.38. The Morgan fingerprint density at radius 2 is 2.24 bits per heavy atom. The largest absolute Gasteiger partial charge is 0.368 e. The number of benzene rings is 1. The number of carbonyl (C=O) groups excluding carboxylic acids is 1. The molecule has 5 nitrogen and oxygen atoms in total. The molecule has 0 bridgehead atoms. The van der Waals surface area contributed by atoms with Crippen molar-refractivity contribution in [1.82, 2.24) is 9.88 Å². The van der Waals surface area contributed by atoms with Gasteiger partial charge in [0, 0.05) is 37.5 Å². The molecule has 25 heavy (non-hydrogen) atoms. The Bertz CT molecular complexity index is 751. The number of rotatable bonds is 4. The topological polar surface area (TPSA) is 54.5 Å². The van der Waals surface area contributed by atoms with Gasteiger partial charge in [0.15, 0.2) is 5.13 Å². The zero-order valence-electron chi connectivity index (χ0n) is 14.5. The third-order valence-electron chi connectivity index (χ3n) is 4.79. The number of thiazole rings is 1. The van der Waals surface area contributed by atoms with Crippen LogP contribution in [0, 0.1) is 6.92 Å². The lowest BCUT2D eigenvalue weighted by Gasteiger charge is -2.25. The Kier molecular flexibility index (Phi) is 4.83. The van der Waals surface area contributed by atoms with Crippen molar-refractivity contribution in [2.24, 2.45) is 0 Å². The van der Waals surface area contributed by atoms with Crippen LogP contribution in [0.15, 0.2) is 24.3 Å². The summed E-state index contributed by atoms with van der Waals surface area (Å²) >= 11 is 1.60. The van der Waals surface area contributed by atoms with Gasteiger partial charge >= 0.3 is 0 Å². The van der Waals surface area contributed by atoms with Crippen molar-refractivity contribution in [2.75, 3.05) is 18.5 Å². The van der Waals surface area contributed by atoms with E-state index in [2.05, 4.69) is 46.4 Å². The number of aryl methyl sites for hydroxylation is 1. The van der Waals surface area contributed by atoms with Crippen molar-refractivity contribution in [3.63, 3.8) is 0 Å². The summed E-state index contributed by atoms with van der Waals surface area (Å²) in [5, 5.41) is 3.65. The summed E-state index contributed by atoms with van der Waals surface area (Å²) < 4.78 is 5.44. The molecular formula is C19H23N3O2S. The highest BCUT2D eigenvalue weighted by atomic mass is 32.1. The first kappa shape index (κ1) is 16.7. The molecule has 0 radical (unpaired) electrons. The molecule has 1 amide bonds. The van der Waals surface area contributed by atoms with E-state index in [1.165, 1.54) is 16.0 Å². The van der Waals surface area contributed by atoms with Crippen LogP contribution >= 0.6 is 11.3 Å². The van der Waals surface area contributed by atoms with Crippen LogP contribution in [0.25, 0.3) is 0 Å². The summed E-state index contributed by atoms with van der Waals surface area (Å²) in [5.74, 6) is -0.0555. The average molecular weight is 357 g/mol. The minimum absolute atomic E-state index is 0.0555. The predicted octanol–water partition coefficient (Wildman–Crippen LogP) is 3.13. The van der Waals surface area contributed by atoms with Crippen LogP contribution in [0.5, 0.6) is 0 Å². The van der Waals surface area contributed by atoms with E-state index in [0.29, 0.717) is 11.7 Å². The van der Waals surface area contributed by atoms with Gasteiger partial charge in [0.1, 0.15) is 6.10 Å². The van der Waals surface area contributed by atoms with Crippen molar-refractivity contribution in [2.45, 2.75) is 45.4 Å². The van der Waals surface area contributed by atoms with E-state index < -0.39 is 0 Å². The maximum Gasteiger partial charge on any atom is 0.255 e. The number of anilines is 1. The van der Waals surface area contributed by atoms with Gasteiger partial charge in [0.25, 0.3) is 5.91 Å². The van der Waals surface area contributed by atoms with Crippen LogP contribution in [0.2, 0.25) is 0 Å². The maximum absolute atomic E-state index is 12.2. The van der Waals surface area contributed by atoms with E-state index in [1.54, 1.807) is 11.3 Å². The van der Waals surface area contributed by atoms with Crippen molar-refractivity contribution in [3.8, 4) is 0 Å². The molecule has 1 unspecified atom stereocenters. The Hall–Kier alpha value is -1.76. The predicted molar refractivity (Wildman–Crippen MR) is 98.7 cm³/mol. The molecule has 2 aliphatic rings. The zero-order chi connectivity index (χ0) is 17.2. The molecule has 1 N–H and O–H groups in total. The minimum Gasteiger partial charge on any atom is -0.368 e. The lowest BCUT2D eigenvalue weighted by Crippen LogP contribution is -2.29. The van der Waals surface area contributed by atoms with Crippen LogP contribution < -0.4 is 5.32 Å². The standard InChI is InChI=1S/C19H23N3O2S/c1-13-4-6-14(7-5-13)11-22-9-8-15-17(12-22)25-19(20-15)21-18(23)16-3-2-10-24-16/h4-7,16H,2-3,8-12H2,1H3,(H,20,21,23). The summed E-state index contributed by atoms with van der Waals surface area (Å²) in [6.45, 7) is 5.65. The molecule has 1 aromatic heterocycles. The van der Waals surface area contributed by atoms with Gasteiger partial charge in [-0.05, 0) is 25.3 Å². The summed E-state index contributed by atoms with van der Waals surface area (Å²) in [5.41, 5.74) is 3.76. The first-order valence-corrected chi connectivity index (χ1v) is 9.68. The smallest absolute Gasteiger partial charge is 0.255 e. The zero-order valence-corrected chi connectivity index (χ0v) is 15.3. The number of hydrogen-bond donors (Lipinski definition) is 1. The van der Waals surface area contributed by atoms with Gasteiger partial charge in [-0.25, -0.2) is 4.98 Å². The van der Waals surface area contributed by atoms with Gasteiger partial charge in [-0.3, -0.25) is 15.0 Å². The quantitative estimate of drug-likeness (QED) is 0.913. The number of fused-ring (bicyclic) bond motifs is 1. The summed E-state index contributed by atoms with van der Waals surface area (Å²) in [4.78, 5) is 20.5. The number of nitrogens with zero attached hydrogens (tertiary/aromatic N) is 2. The van der Waals surface area contributed by atoms with Crippen molar-refractivity contribution in [3.05, 3.63) is 46.0 Å². The number of amides is 1. The molecule has 132 valence electrons. The van der Waals surface area contributed by atoms with E-state index in [0.717, 1.165) is 44.6 Å². The molecule has 1 atom stereocenters. The first-order valence-electron chi connectivity index (χ1n) is 8.86. The fraction of sp³-hybridized carbons (Fsp3) is 0.474. The van der Waals surface area contributed by atoms with E-state index in [-0.39, 0.29) is 12.0 Å². The molecule has 3 heterocycles. The van der Waals surface area contributed by atoms with Crippen molar-refractivity contribution < 1.29 is 9.53 Å². The molecule has 2 aliphatic heterocycles. The second-order valence-electron chi connectivity index (χ2n) is 6.83. The molecular weight excluding hydrogens is 334 g/mol. The van der Waals surface area contributed by atoms with Crippen LogP contribution in [0.3, 0.4) is 0 Å². The highest BCUT2D eigenvalue weighted by Gasteiger charge is 2.26. The maximum atomic E-state index is 12.2. The van der Waals surface area contributed by atoms with E-state index in [1.807, 2.05) is 0 Å². The van der Waals surface area contributed by atoms with Crippen LogP contribution in [0.4, 0.5) is 5.13 Å². The Morgan fingerprint density at radius 1 is 1.40 bits per heavy atom. The van der Waals surface area contributed by atoms with E-state index in [4.69, 9.17) is 4.74 Å². The highest BCUT2D eigenvalue weighted by molar-refractivity contribution is 7.15. The van der Waals surface area contributed by atoms with Gasteiger partial charge in [0.2, 0.25) is 0 Å². The third-order valence-corrected chi connectivity index (χ3v) is 5.79. The highest BCUT2D eigenvalue weighted by Crippen LogP contribution is 2.29. The fourth-order valence-corrected chi connectivity index (χ4v) is 4.41. The van der Waals surface area contributed by atoms with Crippen LogP contribution in [-0.4, -0.2) is 35.0 Å². The summed E-state index contributed by atoms with van der Waals surface area (Å²) in [6, 6.07) is 8.72. The number of carbonyl (C=O) groups is 1. The summed E-state index contributed by atoms with van der Waals surface area (Å²) in [6.07, 6.45) is 2.40. The normalized spacial score (nSPS) is 20.4. The molecule has 6 heteroatoms. The third kappa shape index (κ3) is 3.92. The summed E-state index contributed by atoms with van der Waals surface area (Å²) in [7, 11) is 0. The number of ether oxygens (including phenoxy) is 1. The van der Waals surface area contributed by atoms with Crippen molar-refractivity contribution in [1.29, 1.82) is 0 Å². The van der Waals surface area contributed by atoms with Gasteiger partial charge in [-0.1, -0.05) is 29.8 Å². The Morgan fingerprint density at radius 3 is 3.00 bits per heavy atom. The van der Waals surface area contributed by atoms with Gasteiger partial charge in [0.05, 0.1) is 5.69 Å². The molecule has 2 aromatic rings. The lowest BCUT2D eigenvalue weighted by molar-refractivity contribution is -0.124. The van der Waals surface area contributed by atoms with Gasteiger partial charge < -0.3 is 4.74 Å². The number of nitrogens with one attached hydrogen (secondary N) is 1. The number of aromatic nitrogens is 1. The average Bonchev–Trinajstić information content (AvgIpc) is 3.26. The monoisotopic (exact) mass is 357 g/mol. The Labute approximate surface area is 152 Å². The van der Waals surface area contributed by atoms with Crippen molar-refractivity contribution >= 4 is 22.4 Å². The van der Waals surface area contributed by atoms with Gasteiger partial charge in [-0.15, -0.1) is 11.3 Å². The molecule has 0 saturated carbocycles. The minimum atomic E-state index is -0.307. The molecule has 1 aromatic carbocycles. The van der Waals surface area contributed by atoms with Crippen LogP contribution in [0.1, 0.15) is 34.5 Å². The molecule has 1 saturated heterocycles. The molecule has 0 spiro atoms. The number of hydrogen-bond acceptors (Lipinski definition) is 5. The van der Waals surface area contributed by atoms with Gasteiger partial charge in [-0.2, -0.15) is 0 Å². The second kappa shape index (κ2) is 7.23. The lowest BCUT2D eigenvalue weighted by atomic mass is 10.1.